The smallest absolute Gasteiger partial charge is 0.339 e. The quantitative estimate of drug-likeness (QED) is 0.238. The van der Waals surface area contributed by atoms with Crippen LogP contribution in [0.4, 0.5) is 23.4 Å². The largest absolute Gasteiger partial charge is 0.416 e. The summed E-state index contributed by atoms with van der Waals surface area (Å²) in [5, 5.41) is 7.33. The van der Waals surface area contributed by atoms with Crippen molar-refractivity contribution in [1.29, 1.82) is 0 Å². The van der Waals surface area contributed by atoms with Gasteiger partial charge in [0.25, 0.3) is 11.8 Å². The highest BCUT2D eigenvalue weighted by Gasteiger charge is 2.46. The van der Waals surface area contributed by atoms with E-state index in [4.69, 9.17) is 5.10 Å². The molecule has 1 aliphatic heterocycles. The molecule has 0 aliphatic carbocycles. The summed E-state index contributed by atoms with van der Waals surface area (Å²) < 4.78 is 83.7. The second-order valence-electron chi connectivity index (χ2n) is 10.6. The summed E-state index contributed by atoms with van der Waals surface area (Å²) in [4.78, 5) is 29.0. The number of amides is 2. The maximum atomic E-state index is 14.3. The zero-order valence-corrected chi connectivity index (χ0v) is 25.5. The number of carbonyl (C=O) groups excluding carboxylic acids is 2. The Kier molecular flexibility index (Phi) is 8.87. The number of carbonyl (C=O) groups is 2. The van der Waals surface area contributed by atoms with Crippen molar-refractivity contribution in [3.8, 4) is 5.69 Å². The van der Waals surface area contributed by atoms with Crippen LogP contribution < -0.4 is 14.9 Å². The van der Waals surface area contributed by atoms with Crippen LogP contribution in [-0.4, -0.2) is 42.6 Å². The van der Waals surface area contributed by atoms with Crippen LogP contribution in [0.5, 0.6) is 0 Å². The number of aromatic nitrogens is 2. The highest BCUT2D eigenvalue weighted by Crippen LogP contribution is 2.44. The Labute approximate surface area is 262 Å². The highest BCUT2D eigenvalue weighted by molar-refractivity contribution is 7.93. The SMILES string of the molecule is C=C(C)S(=O)(=O)NCc1nn(-c2ccccc2)c2c1[C@@H](c1ccc(F)cc1)[C@@H](NC(=O)c1cccc(C(F)(F)F)c1)C(=O)N2CC. The summed E-state index contributed by atoms with van der Waals surface area (Å²) in [5.74, 6) is -2.88. The van der Waals surface area contributed by atoms with Gasteiger partial charge in [0.2, 0.25) is 10.0 Å². The minimum absolute atomic E-state index is 0.0906. The minimum Gasteiger partial charge on any atom is -0.339 e. The molecule has 14 heteroatoms. The van der Waals surface area contributed by atoms with Crippen LogP contribution in [-0.2, 0) is 27.5 Å². The van der Waals surface area contributed by atoms with Crippen molar-refractivity contribution >= 4 is 27.7 Å². The van der Waals surface area contributed by atoms with Gasteiger partial charge in [0.15, 0.2) is 0 Å². The molecule has 2 amide bonds. The van der Waals surface area contributed by atoms with Crippen LogP contribution in [0.25, 0.3) is 5.69 Å². The fraction of sp³-hybridized carbons (Fsp3) is 0.219. The Morgan fingerprint density at radius 2 is 1.70 bits per heavy atom. The molecule has 0 bridgehead atoms. The van der Waals surface area contributed by atoms with Crippen molar-refractivity contribution in [1.82, 2.24) is 19.8 Å². The lowest BCUT2D eigenvalue weighted by Crippen LogP contribution is -2.55. The fourth-order valence-corrected chi connectivity index (χ4v) is 5.91. The van der Waals surface area contributed by atoms with E-state index in [-0.39, 0.29) is 29.3 Å². The summed E-state index contributed by atoms with van der Waals surface area (Å²) in [6.45, 7) is 6.26. The third-order valence-corrected chi connectivity index (χ3v) is 9.02. The van der Waals surface area contributed by atoms with Crippen LogP contribution in [0.15, 0.2) is 90.3 Å². The molecule has 5 rings (SSSR count). The number of allylic oxidation sites excluding steroid dienone is 1. The summed E-state index contributed by atoms with van der Waals surface area (Å²) >= 11 is 0. The third kappa shape index (κ3) is 6.30. The van der Waals surface area contributed by atoms with Crippen molar-refractivity contribution in [3.63, 3.8) is 0 Å². The summed E-state index contributed by atoms with van der Waals surface area (Å²) in [6.07, 6.45) is -4.71. The lowest BCUT2D eigenvalue weighted by atomic mass is 9.80. The molecule has 1 aromatic heterocycles. The van der Waals surface area contributed by atoms with Crippen LogP contribution in [0.1, 0.15) is 52.5 Å². The number of fused-ring (bicyclic) bond motifs is 1. The number of halogens is 4. The number of alkyl halides is 3. The van der Waals surface area contributed by atoms with E-state index in [0.717, 1.165) is 12.1 Å². The molecule has 2 heterocycles. The van der Waals surface area contributed by atoms with Crippen molar-refractivity contribution in [2.24, 2.45) is 0 Å². The van der Waals surface area contributed by atoms with Gasteiger partial charge in [-0.1, -0.05) is 43.0 Å². The third-order valence-electron chi connectivity index (χ3n) is 7.58. The van der Waals surface area contributed by atoms with E-state index in [9.17, 15) is 35.6 Å². The van der Waals surface area contributed by atoms with Crippen molar-refractivity contribution in [2.75, 3.05) is 11.4 Å². The number of anilines is 1. The van der Waals surface area contributed by atoms with Crippen molar-refractivity contribution in [3.05, 3.63) is 124 Å². The standard InChI is InChI=1S/C32H29F4N5O4S/c1-4-40-30-27(25(18-37-46(44,45)19(2)3)39-41(30)24-11-6-5-7-12-24)26(20-13-15-23(33)16-14-20)28(31(40)43)38-29(42)21-9-8-10-22(17-21)32(34,35)36/h5-17,26,28,37H,2,4,18H2,1,3H3,(H,38,42)/t26-,28-/m1/s1. The molecule has 2 atom stereocenters. The number of sulfonamides is 1. The fourth-order valence-electron chi connectivity index (χ4n) is 5.33. The molecule has 240 valence electrons. The van der Waals surface area contributed by atoms with Gasteiger partial charge >= 0.3 is 6.18 Å². The number of nitrogens with one attached hydrogen (secondary N) is 2. The van der Waals surface area contributed by atoms with E-state index in [2.05, 4.69) is 16.6 Å². The zero-order chi connectivity index (χ0) is 33.4. The number of hydrogen-bond acceptors (Lipinski definition) is 5. The van der Waals surface area contributed by atoms with Gasteiger partial charge < -0.3 is 5.32 Å². The van der Waals surface area contributed by atoms with E-state index in [1.54, 1.807) is 37.3 Å². The Hall–Kier alpha value is -4.82. The molecule has 0 saturated heterocycles. The van der Waals surface area contributed by atoms with Gasteiger partial charge in [-0.2, -0.15) is 18.3 Å². The highest BCUT2D eigenvalue weighted by atomic mass is 32.2. The molecule has 9 nitrogen and oxygen atoms in total. The van der Waals surface area contributed by atoms with E-state index in [1.807, 2.05) is 0 Å². The van der Waals surface area contributed by atoms with Gasteiger partial charge in [-0.15, -0.1) is 0 Å². The first kappa shape index (κ1) is 32.6. The second kappa shape index (κ2) is 12.5. The van der Waals surface area contributed by atoms with Gasteiger partial charge in [0.1, 0.15) is 17.7 Å². The Morgan fingerprint density at radius 1 is 1.02 bits per heavy atom. The van der Waals surface area contributed by atoms with E-state index < -0.39 is 51.4 Å². The van der Waals surface area contributed by atoms with Crippen molar-refractivity contribution < 1.29 is 35.6 Å². The number of nitrogens with zero attached hydrogens (tertiary/aromatic N) is 3. The first-order chi connectivity index (χ1) is 21.7. The summed E-state index contributed by atoms with van der Waals surface area (Å²) in [5.41, 5.74) is 0.0987. The predicted octanol–water partition coefficient (Wildman–Crippen LogP) is 5.28. The molecule has 46 heavy (non-hydrogen) atoms. The molecule has 1 aliphatic rings. The molecule has 2 N–H and O–H groups in total. The van der Waals surface area contributed by atoms with Crippen LogP contribution in [0, 0.1) is 5.82 Å². The average molecular weight is 656 g/mol. The summed E-state index contributed by atoms with van der Waals surface area (Å²) in [6, 6.07) is 16.3. The maximum absolute atomic E-state index is 14.3. The van der Waals surface area contributed by atoms with Gasteiger partial charge in [0, 0.05) is 28.5 Å². The molecule has 4 aromatic rings. The normalized spacial score (nSPS) is 16.7. The first-order valence-corrected chi connectivity index (χ1v) is 15.6. The maximum Gasteiger partial charge on any atom is 0.416 e. The number of benzene rings is 3. The van der Waals surface area contributed by atoms with E-state index in [0.29, 0.717) is 28.7 Å². The van der Waals surface area contributed by atoms with E-state index in [1.165, 1.54) is 46.8 Å². The van der Waals surface area contributed by atoms with Gasteiger partial charge in [-0.05, 0) is 61.9 Å². The van der Waals surface area contributed by atoms with Gasteiger partial charge in [-0.25, -0.2) is 22.2 Å². The summed E-state index contributed by atoms with van der Waals surface area (Å²) in [7, 11) is -3.97. The van der Waals surface area contributed by atoms with Crippen LogP contribution in [0.2, 0.25) is 0 Å². The molecule has 3 aromatic carbocycles. The van der Waals surface area contributed by atoms with Gasteiger partial charge in [-0.3, -0.25) is 14.5 Å². The Morgan fingerprint density at radius 3 is 2.30 bits per heavy atom. The number of rotatable bonds is 9. The minimum atomic E-state index is -4.71. The monoisotopic (exact) mass is 655 g/mol. The molecule has 0 fully saturated rings. The predicted molar refractivity (Wildman–Crippen MR) is 163 cm³/mol. The lowest BCUT2D eigenvalue weighted by molar-refractivity contribution is -0.137. The zero-order valence-electron chi connectivity index (χ0n) is 24.7. The number of para-hydroxylation sites is 1. The molecular formula is C32H29F4N5O4S. The first-order valence-electron chi connectivity index (χ1n) is 14.1. The molecule has 0 saturated carbocycles. The Balaban J connectivity index is 1.71. The Bertz CT molecular complexity index is 1910. The van der Waals surface area contributed by atoms with Crippen LogP contribution in [0.3, 0.4) is 0 Å². The molecular weight excluding hydrogens is 626 g/mol. The molecule has 0 unspecified atom stereocenters. The molecule has 0 radical (unpaired) electrons. The van der Waals surface area contributed by atoms with Crippen LogP contribution >= 0.6 is 0 Å². The number of likely N-dealkylation sites (N-methyl/N-ethyl adjacent to an activating group) is 1. The topological polar surface area (TPSA) is 113 Å². The van der Waals surface area contributed by atoms with Crippen molar-refractivity contribution in [2.45, 2.75) is 38.5 Å². The van der Waals surface area contributed by atoms with E-state index >= 15 is 0 Å². The lowest BCUT2D eigenvalue weighted by Gasteiger charge is -2.38. The van der Waals surface area contributed by atoms with Gasteiger partial charge in [0.05, 0.1) is 23.5 Å². The second-order valence-corrected chi connectivity index (χ2v) is 12.6. The molecule has 0 spiro atoms. The average Bonchev–Trinajstić information content (AvgIpc) is 3.40. The number of hydrogen-bond donors (Lipinski definition) is 2.